The lowest BCUT2D eigenvalue weighted by molar-refractivity contribution is 0.686. The highest BCUT2D eigenvalue weighted by Gasteiger charge is 2.05. The van der Waals surface area contributed by atoms with Crippen LogP contribution in [0.3, 0.4) is 0 Å². The van der Waals surface area contributed by atoms with Gasteiger partial charge in [-0.3, -0.25) is 0 Å². The molecule has 0 aliphatic heterocycles. The topological polar surface area (TPSA) is 37.0 Å². The van der Waals surface area contributed by atoms with Crippen molar-refractivity contribution in [2.24, 2.45) is 5.92 Å². The van der Waals surface area contributed by atoms with Gasteiger partial charge in [0.05, 0.1) is 5.52 Å². The minimum atomic E-state index is 0.616. The van der Waals surface area contributed by atoms with Crippen LogP contribution < -0.4 is 10.6 Å². The highest BCUT2D eigenvalue weighted by molar-refractivity contribution is 5.84. The molecular weight excluding hydrogens is 234 g/mol. The Morgan fingerprint density at radius 1 is 1.21 bits per heavy atom. The number of anilines is 1. The Hall–Kier alpha value is -1.61. The van der Waals surface area contributed by atoms with Crippen molar-refractivity contribution < 1.29 is 0 Å². The lowest BCUT2D eigenvalue weighted by Gasteiger charge is -2.12. The van der Waals surface area contributed by atoms with Crippen molar-refractivity contribution in [2.75, 3.05) is 18.4 Å². The first-order valence-corrected chi connectivity index (χ1v) is 7.04. The molecule has 0 aliphatic rings. The number of rotatable bonds is 6. The second kappa shape index (κ2) is 6.53. The fourth-order valence-corrected chi connectivity index (χ4v) is 2.05. The van der Waals surface area contributed by atoms with Gasteiger partial charge in [0.25, 0.3) is 0 Å². The molecule has 0 saturated carbocycles. The van der Waals surface area contributed by atoms with Gasteiger partial charge < -0.3 is 10.6 Å². The maximum atomic E-state index is 4.68. The summed E-state index contributed by atoms with van der Waals surface area (Å²) in [5, 5.41) is 8.04. The highest BCUT2D eigenvalue weighted by atomic mass is 15.0. The number of nitrogens with one attached hydrogen (secondary N) is 2. The van der Waals surface area contributed by atoms with Crippen LogP contribution in [0.2, 0.25) is 0 Å². The van der Waals surface area contributed by atoms with Gasteiger partial charge in [-0.2, -0.15) is 0 Å². The molecule has 2 rings (SSSR count). The van der Waals surface area contributed by atoms with Crippen LogP contribution >= 0.6 is 0 Å². The van der Waals surface area contributed by atoms with Crippen molar-refractivity contribution in [2.45, 2.75) is 27.3 Å². The molecular formula is C16H23N3. The van der Waals surface area contributed by atoms with E-state index in [-0.39, 0.29) is 0 Å². The maximum Gasteiger partial charge on any atom is 0.126 e. The maximum absolute atomic E-state index is 4.68. The molecule has 3 nitrogen and oxygen atoms in total. The van der Waals surface area contributed by atoms with Gasteiger partial charge in [0.1, 0.15) is 5.82 Å². The molecule has 0 bridgehead atoms. The van der Waals surface area contributed by atoms with E-state index in [1.54, 1.807) is 0 Å². The fourth-order valence-electron chi connectivity index (χ4n) is 2.05. The Balaban J connectivity index is 2.32. The molecule has 0 fully saturated rings. The van der Waals surface area contributed by atoms with Crippen LogP contribution in [0.1, 0.15) is 26.3 Å². The van der Waals surface area contributed by atoms with Crippen molar-refractivity contribution >= 4 is 16.7 Å². The number of aromatic nitrogens is 1. The molecule has 1 aromatic heterocycles. The van der Waals surface area contributed by atoms with Gasteiger partial charge in [0, 0.05) is 18.5 Å². The number of para-hydroxylation sites is 1. The number of hydrogen-bond acceptors (Lipinski definition) is 3. The van der Waals surface area contributed by atoms with Gasteiger partial charge in [-0.1, -0.05) is 39.0 Å². The summed E-state index contributed by atoms with van der Waals surface area (Å²) < 4.78 is 0. The standard InChI is InChI=1S/C16H23N3/c1-4-17-11-13-9-16(18-10-12(2)3)19-15-8-6-5-7-14(13)15/h5-9,12,17H,4,10-11H2,1-3H3,(H,18,19). The summed E-state index contributed by atoms with van der Waals surface area (Å²) in [6.45, 7) is 9.34. The third-order valence-corrected chi connectivity index (χ3v) is 3.06. The molecule has 0 aliphatic carbocycles. The molecule has 19 heavy (non-hydrogen) atoms. The van der Waals surface area contributed by atoms with E-state index in [1.807, 2.05) is 6.07 Å². The van der Waals surface area contributed by atoms with Gasteiger partial charge in [0.15, 0.2) is 0 Å². The third kappa shape index (κ3) is 3.67. The molecule has 0 unspecified atom stereocenters. The first-order valence-electron chi connectivity index (χ1n) is 7.04. The first-order chi connectivity index (χ1) is 9.20. The van der Waals surface area contributed by atoms with Crippen LogP contribution in [0.5, 0.6) is 0 Å². The SMILES string of the molecule is CCNCc1cc(NCC(C)C)nc2ccccc12. The predicted molar refractivity (Wildman–Crippen MR) is 82.5 cm³/mol. The quantitative estimate of drug-likeness (QED) is 0.832. The van der Waals surface area contributed by atoms with Gasteiger partial charge in [-0.05, 0) is 30.2 Å². The van der Waals surface area contributed by atoms with E-state index in [0.717, 1.165) is 31.0 Å². The van der Waals surface area contributed by atoms with Crippen LogP contribution in [-0.2, 0) is 6.54 Å². The van der Waals surface area contributed by atoms with Crippen LogP contribution in [0, 0.1) is 5.92 Å². The Morgan fingerprint density at radius 3 is 2.74 bits per heavy atom. The van der Waals surface area contributed by atoms with Crippen molar-refractivity contribution in [3.63, 3.8) is 0 Å². The Labute approximate surface area is 115 Å². The molecule has 0 spiro atoms. The molecule has 2 N–H and O–H groups in total. The van der Waals surface area contributed by atoms with E-state index in [4.69, 9.17) is 0 Å². The van der Waals surface area contributed by atoms with E-state index >= 15 is 0 Å². The summed E-state index contributed by atoms with van der Waals surface area (Å²) in [4.78, 5) is 4.68. The second-order valence-electron chi connectivity index (χ2n) is 5.24. The predicted octanol–water partition coefficient (Wildman–Crippen LogP) is 3.41. The molecule has 3 heteroatoms. The number of nitrogens with zero attached hydrogens (tertiary/aromatic N) is 1. The van der Waals surface area contributed by atoms with Gasteiger partial charge in [-0.25, -0.2) is 4.98 Å². The zero-order valence-corrected chi connectivity index (χ0v) is 12.0. The number of fused-ring (bicyclic) bond motifs is 1. The van der Waals surface area contributed by atoms with Crippen LogP contribution in [0.4, 0.5) is 5.82 Å². The monoisotopic (exact) mass is 257 g/mol. The summed E-state index contributed by atoms with van der Waals surface area (Å²) in [7, 11) is 0. The zero-order chi connectivity index (χ0) is 13.7. The lowest BCUT2D eigenvalue weighted by Crippen LogP contribution is -2.14. The van der Waals surface area contributed by atoms with Crippen molar-refractivity contribution in [3.05, 3.63) is 35.9 Å². The molecule has 1 heterocycles. The van der Waals surface area contributed by atoms with Crippen molar-refractivity contribution in [3.8, 4) is 0 Å². The minimum Gasteiger partial charge on any atom is -0.370 e. The molecule has 102 valence electrons. The van der Waals surface area contributed by atoms with Gasteiger partial charge in [0.2, 0.25) is 0 Å². The lowest BCUT2D eigenvalue weighted by atomic mass is 10.1. The highest BCUT2D eigenvalue weighted by Crippen LogP contribution is 2.20. The molecule has 0 amide bonds. The summed E-state index contributed by atoms with van der Waals surface area (Å²) >= 11 is 0. The summed E-state index contributed by atoms with van der Waals surface area (Å²) in [5.74, 6) is 1.59. The fraction of sp³-hybridized carbons (Fsp3) is 0.438. The van der Waals surface area contributed by atoms with Crippen LogP contribution in [-0.4, -0.2) is 18.1 Å². The summed E-state index contributed by atoms with van der Waals surface area (Å²) in [6.07, 6.45) is 0. The smallest absolute Gasteiger partial charge is 0.126 e. The minimum absolute atomic E-state index is 0.616. The normalized spacial score (nSPS) is 11.2. The van der Waals surface area contributed by atoms with E-state index in [2.05, 4.69) is 60.7 Å². The molecule has 0 saturated heterocycles. The van der Waals surface area contributed by atoms with E-state index in [9.17, 15) is 0 Å². The van der Waals surface area contributed by atoms with Crippen LogP contribution in [0.15, 0.2) is 30.3 Å². The molecule has 2 aromatic rings. The molecule has 0 radical (unpaired) electrons. The number of hydrogen-bond donors (Lipinski definition) is 2. The largest absolute Gasteiger partial charge is 0.370 e. The Kier molecular flexibility index (Phi) is 4.74. The third-order valence-electron chi connectivity index (χ3n) is 3.06. The molecule has 0 atom stereocenters. The summed E-state index contributed by atoms with van der Waals surface area (Å²) in [5.41, 5.74) is 2.36. The van der Waals surface area contributed by atoms with Gasteiger partial charge >= 0.3 is 0 Å². The van der Waals surface area contributed by atoms with E-state index in [1.165, 1.54) is 10.9 Å². The van der Waals surface area contributed by atoms with E-state index in [0.29, 0.717) is 5.92 Å². The van der Waals surface area contributed by atoms with E-state index < -0.39 is 0 Å². The number of pyridine rings is 1. The van der Waals surface area contributed by atoms with Crippen LogP contribution in [0.25, 0.3) is 10.9 Å². The van der Waals surface area contributed by atoms with Crippen molar-refractivity contribution in [1.29, 1.82) is 0 Å². The average Bonchev–Trinajstić information content (AvgIpc) is 2.42. The van der Waals surface area contributed by atoms with Crippen molar-refractivity contribution in [1.82, 2.24) is 10.3 Å². The summed E-state index contributed by atoms with van der Waals surface area (Å²) in [6, 6.07) is 10.5. The molecule has 1 aromatic carbocycles. The van der Waals surface area contributed by atoms with Gasteiger partial charge in [-0.15, -0.1) is 0 Å². The first kappa shape index (κ1) is 13.8. The average molecular weight is 257 g/mol. The number of benzene rings is 1. The second-order valence-corrected chi connectivity index (χ2v) is 5.24. The Bertz CT molecular complexity index is 535. The zero-order valence-electron chi connectivity index (χ0n) is 12.0. The Morgan fingerprint density at radius 2 is 2.00 bits per heavy atom.